The monoisotopic (exact) mass is 308 g/mol. The van der Waals surface area contributed by atoms with Gasteiger partial charge in [0.1, 0.15) is 12.4 Å². The van der Waals surface area contributed by atoms with Crippen molar-refractivity contribution in [3.8, 4) is 5.82 Å². The van der Waals surface area contributed by atoms with Gasteiger partial charge in [0.25, 0.3) is 11.3 Å². The fraction of sp³-hybridized carbons (Fsp3) is 0.133. The van der Waals surface area contributed by atoms with Crippen LogP contribution >= 0.6 is 0 Å². The third-order valence-corrected chi connectivity index (χ3v) is 3.45. The maximum atomic E-state index is 12.7. The van der Waals surface area contributed by atoms with Gasteiger partial charge in [-0.3, -0.25) is 9.36 Å². The largest absolute Gasteiger partial charge is 0.377 e. The highest BCUT2D eigenvalue weighted by Crippen LogP contribution is 2.12. The van der Waals surface area contributed by atoms with Gasteiger partial charge >= 0.3 is 0 Å². The van der Waals surface area contributed by atoms with Crippen molar-refractivity contribution in [2.24, 2.45) is 0 Å². The molecule has 4 aromatic rings. The van der Waals surface area contributed by atoms with Crippen LogP contribution in [-0.4, -0.2) is 36.2 Å². The molecule has 0 fully saturated rings. The first kappa shape index (κ1) is 13.5. The molecule has 4 heterocycles. The van der Waals surface area contributed by atoms with Gasteiger partial charge in [0.2, 0.25) is 0 Å². The molecule has 23 heavy (non-hydrogen) atoms. The van der Waals surface area contributed by atoms with Crippen LogP contribution in [0, 0.1) is 0 Å². The Morgan fingerprint density at radius 2 is 2.13 bits per heavy atom. The topological polar surface area (TPSA) is 87.2 Å². The van der Waals surface area contributed by atoms with Crippen LogP contribution in [0.2, 0.25) is 0 Å². The number of hydrogen-bond donors (Lipinski definition) is 0. The number of methoxy groups -OCH3 is 1. The Morgan fingerprint density at radius 3 is 2.91 bits per heavy atom. The summed E-state index contributed by atoms with van der Waals surface area (Å²) in [5, 5.41) is 4.77. The zero-order chi connectivity index (χ0) is 15.8. The normalized spacial score (nSPS) is 11.3. The lowest BCUT2D eigenvalue weighted by Crippen LogP contribution is -2.19. The molecular formula is C15H12N6O2. The Bertz CT molecular complexity index is 1050. The molecule has 4 aromatic heterocycles. The molecule has 0 atom stereocenters. The van der Waals surface area contributed by atoms with Gasteiger partial charge in [0.05, 0.1) is 10.9 Å². The van der Waals surface area contributed by atoms with E-state index in [1.165, 1.54) is 10.8 Å². The smallest absolute Gasteiger partial charge is 0.267 e. The van der Waals surface area contributed by atoms with Crippen LogP contribution < -0.4 is 5.56 Å². The van der Waals surface area contributed by atoms with Crippen molar-refractivity contribution >= 4 is 16.7 Å². The molecule has 0 aliphatic rings. The molecular weight excluding hydrogens is 296 g/mol. The summed E-state index contributed by atoms with van der Waals surface area (Å²) < 4.78 is 8.05. The summed E-state index contributed by atoms with van der Waals surface area (Å²) >= 11 is 0. The fourth-order valence-electron chi connectivity index (χ4n) is 2.43. The molecule has 0 aliphatic carbocycles. The Labute approximate surface area is 130 Å². The quantitative estimate of drug-likeness (QED) is 0.560. The van der Waals surface area contributed by atoms with Gasteiger partial charge in [-0.05, 0) is 18.2 Å². The molecule has 4 rings (SSSR count). The average Bonchev–Trinajstić information content (AvgIpc) is 2.99. The van der Waals surface area contributed by atoms with E-state index in [1.54, 1.807) is 42.2 Å². The summed E-state index contributed by atoms with van der Waals surface area (Å²) in [4.78, 5) is 25.4. The second-order valence-corrected chi connectivity index (χ2v) is 4.91. The highest BCUT2D eigenvalue weighted by atomic mass is 16.5. The fourth-order valence-corrected chi connectivity index (χ4v) is 2.43. The summed E-state index contributed by atoms with van der Waals surface area (Å²) in [5.41, 5.74) is 0.432. The molecule has 0 N–H and O–H groups in total. The molecule has 0 amide bonds. The number of fused-ring (bicyclic) bond motifs is 3. The first-order valence-electron chi connectivity index (χ1n) is 6.94. The van der Waals surface area contributed by atoms with Crippen LogP contribution in [0.5, 0.6) is 0 Å². The summed E-state index contributed by atoms with van der Waals surface area (Å²) in [5.74, 6) is 1.50. The second kappa shape index (κ2) is 5.25. The molecule has 0 saturated carbocycles. The minimum absolute atomic E-state index is 0.209. The predicted octanol–water partition coefficient (Wildman–Crippen LogP) is 0.970. The van der Waals surface area contributed by atoms with Gasteiger partial charge in [0.15, 0.2) is 5.82 Å². The zero-order valence-electron chi connectivity index (χ0n) is 12.2. The third-order valence-electron chi connectivity index (χ3n) is 3.45. The Morgan fingerprint density at radius 1 is 1.22 bits per heavy atom. The Hall–Kier alpha value is -3.13. The maximum Gasteiger partial charge on any atom is 0.267 e. The molecule has 0 unspecified atom stereocenters. The zero-order valence-corrected chi connectivity index (χ0v) is 12.2. The highest BCUT2D eigenvalue weighted by Gasteiger charge is 2.12. The molecule has 0 aliphatic heterocycles. The van der Waals surface area contributed by atoms with Gasteiger partial charge in [-0.1, -0.05) is 6.07 Å². The van der Waals surface area contributed by atoms with E-state index in [-0.39, 0.29) is 12.2 Å². The number of ether oxygens (including phenoxy) is 1. The standard InChI is InChI=1S/C15H12N6O2/c1-23-9-12-18-15-17-8-10-11(21(15)19-12)5-7-20(14(10)22)13-4-2-3-6-16-13/h2-8H,9H2,1H3. The molecule has 0 saturated heterocycles. The third kappa shape index (κ3) is 2.16. The SMILES string of the molecule is COCc1nc2ncc3c(=O)n(-c4ccccn4)ccc3n2n1. The molecule has 8 heteroatoms. The van der Waals surface area contributed by atoms with Crippen LogP contribution in [0.1, 0.15) is 5.82 Å². The predicted molar refractivity (Wildman–Crippen MR) is 82.4 cm³/mol. The van der Waals surface area contributed by atoms with Crippen molar-refractivity contribution in [1.82, 2.24) is 29.1 Å². The number of aromatic nitrogens is 6. The summed E-state index contributed by atoms with van der Waals surface area (Å²) in [7, 11) is 1.57. The van der Waals surface area contributed by atoms with Crippen LogP contribution in [0.25, 0.3) is 22.5 Å². The number of hydrogen-bond acceptors (Lipinski definition) is 6. The number of nitrogens with zero attached hydrogens (tertiary/aromatic N) is 6. The molecule has 0 aromatic carbocycles. The van der Waals surface area contributed by atoms with Crippen molar-refractivity contribution in [2.75, 3.05) is 7.11 Å². The molecule has 0 radical (unpaired) electrons. The van der Waals surface area contributed by atoms with Gasteiger partial charge in [0, 0.05) is 25.7 Å². The van der Waals surface area contributed by atoms with E-state index in [0.717, 1.165) is 0 Å². The number of pyridine rings is 2. The first-order valence-corrected chi connectivity index (χ1v) is 6.94. The summed E-state index contributed by atoms with van der Waals surface area (Å²) in [6.07, 6.45) is 4.82. The van der Waals surface area contributed by atoms with Crippen molar-refractivity contribution < 1.29 is 4.74 Å². The van der Waals surface area contributed by atoms with Crippen molar-refractivity contribution in [2.45, 2.75) is 6.61 Å². The van der Waals surface area contributed by atoms with Crippen molar-refractivity contribution in [3.63, 3.8) is 0 Å². The second-order valence-electron chi connectivity index (χ2n) is 4.91. The molecule has 114 valence electrons. The lowest BCUT2D eigenvalue weighted by atomic mass is 10.3. The van der Waals surface area contributed by atoms with Crippen LogP contribution in [0.4, 0.5) is 0 Å². The minimum atomic E-state index is -0.209. The molecule has 0 bridgehead atoms. The minimum Gasteiger partial charge on any atom is -0.377 e. The summed E-state index contributed by atoms with van der Waals surface area (Å²) in [6, 6.07) is 7.19. The van der Waals surface area contributed by atoms with E-state index in [4.69, 9.17) is 4.74 Å². The van der Waals surface area contributed by atoms with Crippen molar-refractivity contribution in [3.05, 3.63) is 59.0 Å². The maximum absolute atomic E-state index is 12.7. The van der Waals surface area contributed by atoms with E-state index in [2.05, 4.69) is 20.1 Å². The molecule has 8 nitrogen and oxygen atoms in total. The van der Waals surface area contributed by atoms with Gasteiger partial charge < -0.3 is 4.74 Å². The van der Waals surface area contributed by atoms with E-state index in [9.17, 15) is 4.79 Å². The van der Waals surface area contributed by atoms with E-state index >= 15 is 0 Å². The summed E-state index contributed by atoms with van der Waals surface area (Å²) in [6.45, 7) is 0.288. The van der Waals surface area contributed by atoms with E-state index < -0.39 is 0 Å². The highest BCUT2D eigenvalue weighted by molar-refractivity contribution is 5.78. The average molecular weight is 308 g/mol. The van der Waals surface area contributed by atoms with Gasteiger partial charge in [-0.25, -0.2) is 9.97 Å². The van der Waals surface area contributed by atoms with Crippen LogP contribution in [-0.2, 0) is 11.3 Å². The van der Waals surface area contributed by atoms with E-state index in [1.807, 2.05) is 6.07 Å². The Kier molecular flexibility index (Phi) is 3.09. The Balaban J connectivity index is 1.98. The van der Waals surface area contributed by atoms with Gasteiger partial charge in [-0.15, -0.1) is 5.10 Å². The van der Waals surface area contributed by atoms with Crippen LogP contribution in [0.15, 0.2) is 47.7 Å². The van der Waals surface area contributed by atoms with Crippen molar-refractivity contribution in [1.29, 1.82) is 0 Å². The lowest BCUT2D eigenvalue weighted by molar-refractivity contribution is 0.178. The lowest BCUT2D eigenvalue weighted by Gasteiger charge is -2.06. The first-order chi connectivity index (χ1) is 11.3. The molecule has 0 spiro atoms. The van der Waals surface area contributed by atoms with E-state index in [0.29, 0.717) is 28.3 Å². The van der Waals surface area contributed by atoms with Gasteiger partial charge in [-0.2, -0.15) is 9.50 Å². The number of rotatable bonds is 3. The van der Waals surface area contributed by atoms with Crippen LogP contribution in [0.3, 0.4) is 0 Å².